The Hall–Kier alpha value is -1.17. The number of hydrogen-bond acceptors (Lipinski definition) is 3. The molecule has 0 spiro atoms. The lowest BCUT2D eigenvalue weighted by Gasteiger charge is -2.22. The molecule has 3 nitrogen and oxygen atoms in total. The number of halogens is 2. The van der Waals surface area contributed by atoms with Crippen molar-refractivity contribution in [3.8, 4) is 0 Å². The van der Waals surface area contributed by atoms with Crippen LogP contribution in [-0.2, 0) is 0 Å². The zero-order valence-corrected chi connectivity index (χ0v) is 12.8. The van der Waals surface area contributed by atoms with E-state index >= 15 is 0 Å². The van der Waals surface area contributed by atoms with Gasteiger partial charge in [0.25, 0.3) is 5.91 Å². The van der Waals surface area contributed by atoms with Crippen molar-refractivity contribution < 1.29 is 9.18 Å². The molecule has 21 heavy (non-hydrogen) atoms. The standard InChI is InChI=1S/C15H14ClFN2OS/c16-13-12-9(17)2-1-3-11(12)21-14(13)15(20)19-5-4-8-6-18-7-10(8)19/h1-3,8,10,18H,4-7H2/t8-,10+/m1/s1. The second-order valence-electron chi connectivity index (χ2n) is 5.63. The molecule has 2 atom stereocenters. The van der Waals surface area contributed by atoms with Crippen LogP contribution < -0.4 is 5.32 Å². The summed E-state index contributed by atoms with van der Waals surface area (Å²) < 4.78 is 14.6. The van der Waals surface area contributed by atoms with Crippen LogP contribution in [0.3, 0.4) is 0 Å². The first-order valence-electron chi connectivity index (χ1n) is 7.05. The molecule has 0 saturated carbocycles. The summed E-state index contributed by atoms with van der Waals surface area (Å²) in [7, 11) is 0. The lowest BCUT2D eigenvalue weighted by molar-refractivity contribution is 0.0742. The van der Waals surface area contributed by atoms with Crippen LogP contribution in [-0.4, -0.2) is 36.5 Å². The smallest absolute Gasteiger partial charge is 0.265 e. The first-order chi connectivity index (χ1) is 10.2. The van der Waals surface area contributed by atoms with Crippen molar-refractivity contribution >= 4 is 38.9 Å². The van der Waals surface area contributed by atoms with Gasteiger partial charge in [-0.25, -0.2) is 4.39 Å². The third-order valence-electron chi connectivity index (χ3n) is 4.51. The minimum Gasteiger partial charge on any atom is -0.333 e. The zero-order valence-electron chi connectivity index (χ0n) is 11.2. The zero-order chi connectivity index (χ0) is 14.6. The van der Waals surface area contributed by atoms with Crippen LogP contribution in [0.2, 0.25) is 5.02 Å². The number of carbonyl (C=O) groups is 1. The van der Waals surface area contributed by atoms with Gasteiger partial charge in [0.15, 0.2) is 0 Å². The van der Waals surface area contributed by atoms with Crippen molar-refractivity contribution in [1.82, 2.24) is 10.2 Å². The van der Waals surface area contributed by atoms with Gasteiger partial charge in [-0.15, -0.1) is 11.3 Å². The fraction of sp³-hybridized carbons (Fsp3) is 0.400. The van der Waals surface area contributed by atoms with E-state index in [1.807, 2.05) is 4.90 Å². The largest absolute Gasteiger partial charge is 0.333 e. The Morgan fingerprint density at radius 1 is 1.43 bits per heavy atom. The maximum absolute atomic E-state index is 13.9. The van der Waals surface area contributed by atoms with Crippen molar-refractivity contribution in [2.45, 2.75) is 12.5 Å². The number of nitrogens with zero attached hydrogens (tertiary/aromatic N) is 1. The molecule has 3 heterocycles. The SMILES string of the molecule is O=C(c1sc2cccc(F)c2c1Cl)N1CC[C@@H]2CNC[C@@H]21. The van der Waals surface area contributed by atoms with Gasteiger partial charge < -0.3 is 10.2 Å². The van der Waals surface area contributed by atoms with E-state index < -0.39 is 0 Å². The van der Waals surface area contributed by atoms with Crippen LogP contribution in [0.5, 0.6) is 0 Å². The number of likely N-dealkylation sites (tertiary alicyclic amines) is 1. The van der Waals surface area contributed by atoms with E-state index in [4.69, 9.17) is 11.6 Å². The Bertz CT molecular complexity index is 732. The Labute approximate surface area is 130 Å². The highest BCUT2D eigenvalue weighted by Gasteiger charge is 2.41. The highest BCUT2D eigenvalue weighted by atomic mass is 35.5. The molecule has 0 unspecified atom stereocenters. The number of fused-ring (bicyclic) bond motifs is 2. The molecule has 0 aliphatic carbocycles. The molecule has 1 N–H and O–H groups in total. The second kappa shape index (κ2) is 4.93. The van der Waals surface area contributed by atoms with Crippen LogP contribution in [0.15, 0.2) is 18.2 Å². The molecule has 1 aromatic carbocycles. The van der Waals surface area contributed by atoms with E-state index in [2.05, 4.69) is 5.32 Å². The van der Waals surface area contributed by atoms with Gasteiger partial charge in [-0.05, 0) is 24.5 Å². The van der Waals surface area contributed by atoms with Crippen LogP contribution in [0.25, 0.3) is 10.1 Å². The summed E-state index contributed by atoms with van der Waals surface area (Å²) in [6.45, 7) is 2.58. The number of nitrogens with one attached hydrogen (secondary N) is 1. The van der Waals surface area contributed by atoms with Gasteiger partial charge in [0.05, 0.1) is 5.02 Å². The summed E-state index contributed by atoms with van der Waals surface area (Å²) in [5.74, 6) is 0.116. The first-order valence-corrected chi connectivity index (χ1v) is 8.24. The summed E-state index contributed by atoms with van der Waals surface area (Å²) in [4.78, 5) is 15.2. The van der Waals surface area contributed by atoms with Crippen molar-refractivity contribution in [2.75, 3.05) is 19.6 Å². The highest BCUT2D eigenvalue weighted by Crippen LogP contribution is 2.39. The quantitative estimate of drug-likeness (QED) is 0.874. The normalized spacial score (nSPS) is 24.8. The lowest BCUT2D eigenvalue weighted by Crippen LogP contribution is -2.38. The van der Waals surface area contributed by atoms with E-state index in [-0.39, 0.29) is 22.8 Å². The van der Waals surface area contributed by atoms with Gasteiger partial charge in [0.1, 0.15) is 10.7 Å². The number of carbonyl (C=O) groups excluding carboxylic acids is 1. The Morgan fingerprint density at radius 3 is 3.10 bits per heavy atom. The van der Waals surface area contributed by atoms with Crippen molar-refractivity contribution in [1.29, 1.82) is 0 Å². The molecule has 0 radical (unpaired) electrons. The highest BCUT2D eigenvalue weighted by molar-refractivity contribution is 7.21. The maximum atomic E-state index is 13.9. The van der Waals surface area contributed by atoms with Crippen molar-refractivity contribution in [3.63, 3.8) is 0 Å². The van der Waals surface area contributed by atoms with Gasteiger partial charge in [0, 0.05) is 35.8 Å². The van der Waals surface area contributed by atoms with Crippen molar-refractivity contribution in [3.05, 3.63) is 33.9 Å². The topological polar surface area (TPSA) is 32.3 Å². The average Bonchev–Trinajstić information content (AvgIpc) is 3.12. The lowest BCUT2D eigenvalue weighted by atomic mass is 10.1. The minimum absolute atomic E-state index is 0.0585. The monoisotopic (exact) mass is 324 g/mol. The van der Waals surface area contributed by atoms with Crippen LogP contribution in [0, 0.1) is 11.7 Å². The molecule has 2 fully saturated rings. The summed E-state index contributed by atoms with van der Waals surface area (Å²) in [5.41, 5.74) is 0. The number of hydrogen-bond donors (Lipinski definition) is 1. The van der Waals surface area contributed by atoms with E-state index in [9.17, 15) is 9.18 Å². The van der Waals surface area contributed by atoms with E-state index in [0.29, 0.717) is 16.2 Å². The van der Waals surface area contributed by atoms with Crippen LogP contribution in [0.4, 0.5) is 4.39 Å². The van der Waals surface area contributed by atoms with E-state index in [1.165, 1.54) is 17.4 Å². The maximum Gasteiger partial charge on any atom is 0.265 e. The van der Waals surface area contributed by atoms with Crippen LogP contribution in [0.1, 0.15) is 16.1 Å². The fourth-order valence-electron chi connectivity index (χ4n) is 3.44. The molecule has 2 aliphatic heterocycles. The van der Waals surface area contributed by atoms with Gasteiger partial charge in [-0.1, -0.05) is 17.7 Å². The summed E-state index contributed by atoms with van der Waals surface area (Å²) in [6.07, 6.45) is 1.03. The fourth-order valence-corrected chi connectivity index (χ4v) is 4.95. The number of rotatable bonds is 1. The van der Waals surface area contributed by atoms with Gasteiger partial charge in [0.2, 0.25) is 0 Å². The molecule has 110 valence electrons. The first kappa shape index (κ1) is 13.5. The van der Waals surface area contributed by atoms with Gasteiger partial charge in [-0.2, -0.15) is 0 Å². The number of benzene rings is 1. The average molecular weight is 325 g/mol. The van der Waals surface area contributed by atoms with Crippen LogP contribution >= 0.6 is 22.9 Å². The molecule has 2 aliphatic rings. The van der Waals surface area contributed by atoms with Crippen molar-refractivity contribution in [2.24, 2.45) is 5.92 Å². The summed E-state index contributed by atoms with van der Waals surface area (Å²) in [5, 5.41) is 3.95. The molecule has 1 aromatic heterocycles. The molecule has 0 bridgehead atoms. The summed E-state index contributed by atoms with van der Waals surface area (Å²) in [6, 6.07) is 5.08. The van der Waals surface area contributed by atoms with E-state index in [0.717, 1.165) is 30.8 Å². The third kappa shape index (κ3) is 1.99. The second-order valence-corrected chi connectivity index (χ2v) is 7.06. The van der Waals surface area contributed by atoms with E-state index in [1.54, 1.807) is 12.1 Å². The van der Waals surface area contributed by atoms with Gasteiger partial charge in [-0.3, -0.25) is 4.79 Å². The predicted molar refractivity (Wildman–Crippen MR) is 82.6 cm³/mol. The molecular formula is C15H14ClFN2OS. The number of amides is 1. The predicted octanol–water partition coefficient (Wildman–Crippen LogP) is 3.13. The molecule has 2 aromatic rings. The Balaban J connectivity index is 1.75. The third-order valence-corrected chi connectivity index (χ3v) is 6.14. The summed E-state index contributed by atoms with van der Waals surface area (Å²) >= 11 is 7.57. The Morgan fingerprint density at radius 2 is 2.29 bits per heavy atom. The minimum atomic E-state index is -0.366. The molecule has 2 saturated heterocycles. The van der Waals surface area contributed by atoms with Gasteiger partial charge >= 0.3 is 0 Å². The molecular weight excluding hydrogens is 311 g/mol. The molecule has 6 heteroatoms. The molecule has 4 rings (SSSR count). The molecule has 1 amide bonds. The number of thiophene rings is 1. The Kier molecular flexibility index (Phi) is 3.17.